The summed E-state index contributed by atoms with van der Waals surface area (Å²) < 4.78 is 2.13. The van der Waals surface area contributed by atoms with Gasteiger partial charge < -0.3 is 9.88 Å². The van der Waals surface area contributed by atoms with Crippen molar-refractivity contribution in [2.45, 2.75) is 53.0 Å². The minimum Gasteiger partial charge on any atom is -0.367 e. The Morgan fingerprint density at radius 1 is 1.06 bits per heavy atom. The highest BCUT2D eigenvalue weighted by Gasteiger charge is 2.32. The molecule has 170 valence electrons. The summed E-state index contributed by atoms with van der Waals surface area (Å²) in [6.07, 6.45) is 7.39. The van der Waals surface area contributed by atoms with Crippen molar-refractivity contribution in [3.8, 4) is 16.8 Å². The van der Waals surface area contributed by atoms with Gasteiger partial charge in [-0.15, -0.1) is 0 Å². The fraction of sp³-hybridized carbons (Fsp3) is 0.357. The number of aryl methyl sites for hydroxylation is 1. The number of halogens is 1. The molecule has 1 aliphatic rings. The molecule has 33 heavy (non-hydrogen) atoms. The molecule has 0 aliphatic heterocycles. The predicted octanol–water partition coefficient (Wildman–Crippen LogP) is 7.68. The van der Waals surface area contributed by atoms with E-state index in [0.29, 0.717) is 17.4 Å². The van der Waals surface area contributed by atoms with Gasteiger partial charge in [0.25, 0.3) is 0 Å². The molecule has 0 saturated heterocycles. The van der Waals surface area contributed by atoms with Crippen LogP contribution in [0.5, 0.6) is 0 Å². The van der Waals surface area contributed by atoms with E-state index >= 15 is 0 Å². The summed E-state index contributed by atoms with van der Waals surface area (Å²) in [7, 11) is 0. The number of nitrogens with one attached hydrogen (secondary N) is 1. The normalized spacial score (nSPS) is 20.2. The van der Waals surface area contributed by atoms with Crippen LogP contribution in [0.2, 0.25) is 5.02 Å². The number of aromatic nitrogens is 3. The molecule has 4 nitrogen and oxygen atoms in total. The Kier molecular flexibility index (Phi) is 5.65. The smallest absolute Gasteiger partial charge is 0.150 e. The summed E-state index contributed by atoms with van der Waals surface area (Å²) >= 11 is 6.48. The largest absolute Gasteiger partial charge is 0.367 e. The van der Waals surface area contributed by atoms with Crippen molar-refractivity contribution in [3.63, 3.8) is 0 Å². The van der Waals surface area contributed by atoms with E-state index in [-0.39, 0.29) is 0 Å². The van der Waals surface area contributed by atoms with E-state index in [0.717, 1.165) is 57.1 Å². The van der Waals surface area contributed by atoms with Gasteiger partial charge in [-0.1, -0.05) is 68.8 Å². The lowest BCUT2D eigenvalue weighted by molar-refractivity contribution is 0.178. The minimum absolute atomic E-state index is 0.328. The van der Waals surface area contributed by atoms with Gasteiger partial charge in [0, 0.05) is 28.5 Å². The molecule has 0 radical (unpaired) electrons. The third-order valence-corrected chi connectivity index (χ3v) is 7.24. The SMILES string of the molecule is Cc1ccc(-n2cc(-c3ccccc3)c3c(NC4CC(C)CC(C)(C)C4)ncnc32)cc1Cl. The molecule has 1 saturated carbocycles. The second kappa shape index (κ2) is 8.49. The molecule has 1 N–H and O–H groups in total. The van der Waals surface area contributed by atoms with Crippen LogP contribution in [0, 0.1) is 18.3 Å². The Morgan fingerprint density at radius 2 is 1.85 bits per heavy atom. The molecule has 5 heteroatoms. The van der Waals surface area contributed by atoms with Gasteiger partial charge in [0.2, 0.25) is 0 Å². The topological polar surface area (TPSA) is 42.7 Å². The van der Waals surface area contributed by atoms with Crippen molar-refractivity contribution in [1.29, 1.82) is 0 Å². The van der Waals surface area contributed by atoms with Gasteiger partial charge in [-0.05, 0) is 60.8 Å². The van der Waals surface area contributed by atoms with Crippen molar-refractivity contribution in [1.82, 2.24) is 14.5 Å². The lowest BCUT2D eigenvalue weighted by atomic mass is 9.70. The van der Waals surface area contributed by atoms with Gasteiger partial charge in [0.05, 0.1) is 5.39 Å². The fourth-order valence-corrected chi connectivity index (χ4v) is 5.76. The van der Waals surface area contributed by atoms with Crippen molar-refractivity contribution >= 4 is 28.5 Å². The summed E-state index contributed by atoms with van der Waals surface area (Å²) in [6.45, 7) is 9.13. The van der Waals surface area contributed by atoms with Crippen molar-refractivity contribution in [2.75, 3.05) is 5.32 Å². The first kappa shape index (κ1) is 22.0. The summed E-state index contributed by atoms with van der Waals surface area (Å²) in [5, 5.41) is 5.62. The summed E-state index contributed by atoms with van der Waals surface area (Å²) in [5.74, 6) is 1.60. The van der Waals surface area contributed by atoms with Crippen LogP contribution < -0.4 is 5.32 Å². The zero-order chi connectivity index (χ0) is 23.2. The number of benzene rings is 2. The summed E-state index contributed by atoms with van der Waals surface area (Å²) in [5.41, 5.74) is 5.53. The van der Waals surface area contributed by atoms with Gasteiger partial charge in [0.1, 0.15) is 12.1 Å². The molecular weight excluding hydrogens is 428 g/mol. The van der Waals surface area contributed by atoms with Crippen LogP contribution in [0.1, 0.15) is 45.6 Å². The standard InChI is InChI=1S/C28H31ClN4/c1-18-12-21(15-28(3,4)14-18)32-26-25-23(20-8-6-5-7-9-20)16-33(27(25)31-17-30-26)22-11-10-19(2)24(29)13-22/h5-11,13,16-18,21H,12,14-15H2,1-4H3,(H,30,31,32). The quantitative estimate of drug-likeness (QED) is 0.341. The Labute approximate surface area is 201 Å². The van der Waals surface area contributed by atoms with Crippen molar-refractivity contribution < 1.29 is 0 Å². The number of rotatable bonds is 4. The first-order valence-corrected chi connectivity index (χ1v) is 12.1. The number of hydrogen-bond donors (Lipinski definition) is 1. The Bertz CT molecular complexity index is 1290. The molecular formula is C28H31ClN4. The Hall–Kier alpha value is -2.85. The van der Waals surface area contributed by atoms with Crippen LogP contribution in [0.15, 0.2) is 61.1 Å². The van der Waals surface area contributed by atoms with E-state index in [1.165, 1.54) is 6.42 Å². The third kappa shape index (κ3) is 4.37. The maximum atomic E-state index is 6.48. The van der Waals surface area contributed by atoms with Gasteiger partial charge >= 0.3 is 0 Å². The molecule has 4 aromatic rings. The predicted molar refractivity (Wildman–Crippen MR) is 138 cm³/mol. The third-order valence-electron chi connectivity index (χ3n) is 6.83. The van der Waals surface area contributed by atoms with E-state index in [9.17, 15) is 0 Å². The zero-order valence-electron chi connectivity index (χ0n) is 19.8. The van der Waals surface area contributed by atoms with Crippen molar-refractivity contribution in [2.24, 2.45) is 11.3 Å². The minimum atomic E-state index is 0.328. The molecule has 2 aromatic carbocycles. The lowest BCUT2D eigenvalue weighted by Crippen LogP contribution is -2.35. The van der Waals surface area contributed by atoms with Crippen LogP contribution in [-0.4, -0.2) is 20.6 Å². The molecule has 1 aliphatic carbocycles. The molecule has 0 bridgehead atoms. The molecule has 2 aromatic heterocycles. The number of anilines is 1. The van der Waals surface area contributed by atoms with E-state index in [2.05, 4.69) is 73.3 Å². The van der Waals surface area contributed by atoms with Gasteiger partial charge in [-0.3, -0.25) is 0 Å². The van der Waals surface area contributed by atoms with Crippen LogP contribution in [-0.2, 0) is 0 Å². The maximum absolute atomic E-state index is 6.48. The molecule has 2 heterocycles. The second-order valence-corrected chi connectivity index (χ2v) is 10.8. The number of hydrogen-bond acceptors (Lipinski definition) is 3. The zero-order valence-corrected chi connectivity index (χ0v) is 20.5. The molecule has 1 fully saturated rings. The number of fused-ring (bicyclic) bond motifs is 1. The van der Waals surface area contributed by atoms with E-state index in [1.54, 1.807) is 6.33 Å². The molecule has 0 amide bonds. The highest BCUT2D eigenvalue weighted by Crippen LogP contribution is 2.41. The average Bonchev–Trinajstić information content (AvgIpc) is 3.16. The monoisotopic (exact) mass is 458 g/mol. The van der Waals surface area contributed by atoms with Gasteiger partial charge in [-0.25, -0.2) is 9.97 Å². The van der Waals surface area contributed by atoms with Gasteiger partial charge in [0.15, 0.2) is 5.65 Å². The highest BCUT2D eigenvalue weighted by atomic mass is 35.5. The average molecular weight is 459 g/mol. The first-order valence-electron chi connectivity index (χ1n) is 11.8. The Balaban J connectivity index is 1.66. The van der Waals surface area contributed by atoms with Gasteiger partial charge in [-0.2, -0.15) is 0 Å². The summed E-state index contributed by atoms with van der Waals surface area (Å²) in [4.78, 5) is 9.46. The number of nitrogens with zero attached hydrogens (tertiary/aromatic N) is 3. The van der Waals surface area contributed by atoms with E-state index in [4.69, 9.17) is 21.6 Å². The van der Waals surface area contributed by atoms with Crippen LogP contribution in [0.25, 0.3) is 27.8 Å². The van der Waals surface area contributed by atoms with Crippen LogP contribution in [0.4, 0.5) is 5.82 Å². The fourth-order valence-electron chi connectivity index (χ4n) is 5.59. The van der Waals surface area contributed by atoms with Crippen LogP contribution in [0.3, 0.4) is 0 Å². The molecule has 2 atom stereocenters. The maximum Gasteiger partial charge on any atom is 0.150 e. The molecule has 2 unspecified atom stereocenters. The van der Waals surface area contributed by atoms with Crippen molar-refractivity contribution in [3.05, 3.63) is 71.6 Å². The van der Waals surface area contributed by atoms with E-state index < -0.39 is 0 Å². The summed E-state index contributed by atoms with van der Waals surface area (Å²) in [6, 6.07) is 17.0. The molecule has 0 spiro atoms. The van der Waals surface area contributed by atoms with Crippen LogP contribution >= 0.6 is 11.6 Å². The Morgan fingerprint density at radius 3 is 2.58 bits per heavy atom. The first-order chi connectivity index (χ1) is 15.8. The van der Waals surface area contributed by atoms with E-state index in [1.807, 2.05) is 19.1 Å². The second-order valence-electron chi connectivity index (χ2n) is 10.4. The lowest BCUT2D eigenvalue weighted by Gasteiger charge is -2.39. The molecule has 5 rings (SSSR count). The highest BCUT2D eigenvalue weighted by molar-refractivity contribution is 6.31.